The summed E-state index contributed by atoms with van der Waals surface area (Å²) in [6.45, 7) is 1.46. The molecule has 0 aliphatic carbocycles. The van der Waals surface area contributed by atoms with E-state index in [0.29, 0.717) is 37.0 Å². The van der Waals surface area contributed by atoms with E-state index in [9.17, 15) is 4.79 Å². The lowest BCUT2D eigenvalue weighted by molar-refractivity contribution is 0.0987. The van der Waals surface area contributed by atoms with Crippen molar-refractivity contribution in [3.8, 4) is 5.75 Å². The summed E-state index contributed by atoms with van der Waals surface area (Å²) in [6, 6.07) is 12.4. The van der Waals surface area contributed by atoms with Gasteiger partial charge >= 0.3 is 0 Å². The summed E-state index contributed by atoms with van der Waals surface area (Å²) >= 11 is 0. The van der Waals surface area contributed by atoms with Crippen LogP contribution in [0.15, 0.2) is 59.3 Å². The number of carbonyl (C=O) groups excluding carboxylic acids is 1. The van der Waals surface area contributed by atoms with Gasteiger partial charge in [-0.3, -0.25) is 9.48 Å². The lowest BCUT2D eigenvalue weighted by Gasteiger charge is -2.09. The third-order valence-electron chi connectivity index (χ3n) is 3.41. The van der Waals surface area contributed by atoms with Gasteiger partial charge in [-0.1, -0.05) is 6.07 Å². The van der Waals surface area contributed by atoms with Gasteiger partial charge in [0, 0.05) is 31.3 Å². The molecular formula is C18H19N3O4. The quantitative estimate of drug-likeness (QED) is 0.681. The number of hydrogen-bond donors (Lipinski definition) is 1. The molecule has 1 N–H and O–H groups in total. The van der Waals surface area contributed by atoms with Gasteiger partial charge in [0.25, 0.3) is 5.91 Å². The van der Waals surface area contributed by atoms with Crippen molar-refractivity contribution in [1.29, 1.82) is 0 Å². The molecule has 7 nitrogen and oxygen atoms in total. The first-order valence-corrected chi connectivity index (χ1v) is 7.84. The molecular weight excluding hydrogens is 322 g/mol. The predicted octanol–water partition coefficient (Wildman–Crippen LogP) is 2.95. The SMILES string of the molecule is COCc1ccc(C(=O)Nc2cccc(OCCn3cccn3)c2)o1. The highest BCUT2D eigenvalue weighted by Gasteiger charge is 2.11. The number of benzene rings is 1. The number of ether oxygens (including phenoxy) is 2. The molecule has 1 amide bonds. The number of aromatic nitrogens is 2. The fourth-order valence-electron chi connectivity index (χ4n) is 2.27. The van der Waals surface area contributed by atoms with Crippen LogP contribution >= 0.6 is 0 Å². The van der Waals surface area contributed by atoms with Crippen LogP contribution in [0.25, 0.3) is 0 Å². The molecule has 0 saturated heterocycles. The largest absolute Gasteiger partial charge is 0.492 e. The van der Waals surface area contributed by atoms with Crippen LogP contribution in [0.1, 0.15) is 16.3 Å². The molecule has 0 atom stereocenters. The van der Waals surface area contributed by atoms with Crippen LogP contribution < -0.4 is 10.1 Å². The van der Waals surface area contributed by atoms with E-state index in [1.165, 1.54) is 0 Å². The van der Waals surface area contributed by atoms with Crippen LogP contribution in [0.4, 0.5) is 5.69 Å². The van der Waals surface area contributed by atoms with Crippen LogP contribution in [-0.4, -0.2) is 29.4 Å². The van der Waals surface area contributed by atoms with E-state index >= 15 is 0 Å². The lowest BCUT2D eigenvalue weighted by atomic mass is 10.3. The highest BCUT2D eigenvalue weighted by molar-refractivity contribution is 6.02. The predicted molar refractivity (Wildman–Crippen MR) is 91.5 cm³/mol. The Morgan fingerprint density at radius 2 is 2.20 bits per heavy atom. The van der Waals surface area contributed by atoms with Gasteiger partial charge in [-0.2, -0.15) is 5.10 Å². The van der Waals surface area contributed by atoms with Crippen LogP contribution in [0.2, 0.25) is 0 Å². The molecule has 0 aliphatic heterocycles. The van der Waals surface area contributed by atoms with E-state index in [1.807, 2.05) is 24.4 Å². The standard InChI is InChI=1S/C18H19N3O4/c1-23-13-16-6-7-17(25-16)18(22)20-14-4-2-5-15(12-14)24-11-10-21-9-3-8-19-21/h2-9,12H,10-11,13H2,1H3,(H,20,22). The normalized spacial score (nSPS) is 10.6. The first-order chi connectivity index (χ1) is 12.2. The molecule has 0 radical (unpaired) electrons. The molecule has 0 unspecified atom stereocenters. The van der Waals surface area contributed by atoms with Crippen molar-refractivity contribution < 1.29 is 18.7 Å². The summed E-state index contributed by atoms with van der Waals surface area (Å²) in [5.74, 6) is 1.18. The molecule has 0 aliphatic rings. The zero-order chi connectivity index (χ0) is 17.5. The minimum Gasteiger partial charge on any atom is -0.492 e. The Balaban J connectivity index is 1.55. The number of nitrogens with one attached hydrogen (secondary N) is 1. The van der Waals surface area contributed by atoms with Crippen LogP contribution in [0.3, 0.4) is 0 Å². The Hall–Kier alpha value is -3.06. The van der Waals surface area contributed by atoms with Gasteiger partial charge in [0.2, 0.25) is 0 Å². The maximum atomic E-state index is 12.2. The summed E-state index contributed by atoms with van der Waals surface area (Å²) < 4.78 is 17.9. The van der Waals surface area contributed by atoms with Crippen LogP contribution in [0, 0.1) is 0 Å². The zero-order valence-corrected chi connectivity index (χ0v) is 13.8. The lowest BCUT2D eigenvalue weighted by Crippen LogP contribution is -2.11. The first-order valence-electron chi connectivity index (χ1n) is 7.84. The minimum atomic E-state index is -0.323. The van der Waals surface area contributed by atoms with Crippen molar-refractivity contribution in [2.24, 2.45) is 0 Å². The molecule has 0 fully saturated rings. The molecule has 2 aromatic heterocycles. The molecule has 0 bridgehead atoms. The fraction of sp³-hybridized carbons (Fsp3) is 0.222. The number of amides is 1. The molecule has 7 heteroatoms. The van der Waals surface area contributed by atoms with E-state index in [-0.39, 0.29) is 11.7 Å². The van der Waals surface area contributed by atoms with E-state index in [1.54, 1.807) is 42.3 Å². The van der Waals surface area contributed by atoms with Gasteiger partial charge in [0.15, 0.2) is 5.76 Å². The number of rotatable bonds is 8. The second-order valence-corrected chi connectivity index (χ2v) is 5.30. The average molecular weight is 341 g/mol. The molecule has 2 heterocycles. The highest BCUT2D eigenvalue weighted by Crippen LogP contribution is 2.19. The number of methoxy groups -OCH3 is 1. The number of furan rings is 1. The smallest absolute Gasteiger partial charge is 0.291 e. The summed E-state index contributed by atoms with van der Waals surface area (Å²) in [4.78, 5) is 12.2. The Kier molecular flexibility index (Phi) is 5.48. The molecule has 0 saturated carbocycles. The second kappa shape index (κ2) is 8.16. The zero-order valence-electron chi connectivity index (χ0n) is 13.8. The highest BCUT2D eigenvalue weighted by atomic mass is 16.5. The second-order valence-electron chi connectivity index (χ2n) is 5.30. The van der Waals surface area contributed by atoms with Gasteiger partial charge in [-0.15, -0.1) is 0 Å². The number of hydrogen-bond acceptors (Lipinski definition) is 5. The number of anilines is 1. The van der Waals surface area contributed by atoms with E-state index in [0.717, 1.165) is 0 Å². The third kappa shape index (κ3) is 4.71. The van der Waals surface area contributed by atoms with Crippen molar-refractivity contribution in [3.63, 3.8) is 0 Å². The molecule has 3 rings (SSSR count). The Morgan fingerprint density at radius 1 is 1.28 bits per heavy atom. The van der Waals surface area contributed by atoms with Crippen molar-refractivity contribution in [3.05, 3.63) is 66.4 Å². The molecule has 25 heavy (non-hydrogen) atoms. The van der Waals surface area contributed by atoms with Gasteiger partial charge < -0.3 is 19.2 Å². The summed E-state index contributed by atoms with van der Waals surface area (Å²) in [5, 5.41) is 6.90. The monoisotopic (exact) mass is 341 g/mol. The van der Waals surface area contributed by atoms with Crippen LogP contribution in [-0.2, 0) is 17.9 Å². The first kappa shape index (κ1) is 16.8. The molecule has 3 aromatic rings. The third-order valence-corrected chi connectivity index (χ3v) is 3.41. The Labute approximate surface area is 145 Å². The van der Waals surface area contributed by atoms with Crippen molar-refractivity contribution >= 4 is 11.6 Å². The number of nitrogens with zero attached hydrogens (tertiary/aromatic N) is 2. The maximum Gasteiger partial charge on any atom is 0.291 e. The summed E-state index contributed by atoms with van der Waals surface area (Å²) in [6.07, 6.45) is 3.60. The summed E-state index contributed by atoms with van der Waals surface area (Å²) in [7, 11) is 1.57. The van der Waals surface area contributed by atoms with Gasteiger partial charge in [-0.25, -0.2) is 0 Å². The topological polar surface area (TPSA) is 78.5 Å². The Bertz CT molecular complexity index is 811. The molecule has 0 spiro atoms. The fourth-order valence-corrected chi connectivity index (χ4v) is 2.27. The van der Waals surface area contributed by atoms with Gasteiger partial charge in [-0.05, 0) is 30.3 Å². The van der Waals surface area contributed by atoms with Crippen molar-refractivity contribution in [2.75, 3.05) is 19.0 Å². The Morgan fingerprint density at radius 3 is 3.00 bits per heavy atom. The van der Waals surface area contributed by atoms with Gasteiger partial charge in [0.05, 0.1) is 6.54 Å². The van der Waals surface area contributed by atoms with Crippen LogP contribution in [0.5, 0.6) is 5.75 Å². The van der Waals surface area contributed by atoms with Gasteiger partial charge in [0.1, 0.15) is 24.7 Å². The average Bonchev–Trinajstić information content (AvgIpc) is 3.27. The molecule has 130 valence electrons. The minimum absolute atomic E-state index is 0.233. The molecule has 1 aromatic carbocycles. The van der Waals surface area contributed by atoms with Crippen molar-refractivity contribution in [1.82, 2.24) is 9.78 Å². The number of carbonyl (C=O) groups is 1. The van der Waals surface area contributed by atoms with E-state index in [4.69, 9.17) is 13.9 Å². The summed E-state index contributed by atoms with van der Waals surface area (Å²) in [5.41, 5.74) is 0.631. The van der Waals surface area contributed by atoms with E-state index < -0.39 is 0 Å². The van der Waals surface area contributed by atoms with Crippen molar-refractivity contribution in [2.45, 2.75) is 13.2 Å². The van der Waals surface area contributed by atoms with E-state index in [2.05, 4.69) is 10.4 Å². The maximum absolute atomic E-state index is 12.2.